The SMILES string of the molecule is CC(C)CC(C)(C(=O)O)C(CCC(F)(F)F)(CC(C)C)C(=O)O. The summed E-state index contributed by atoms with van der Waals surface area (Å²) in [6, 6.07) is 0. The fraction of sp³-hybridized carbons (Fsp3) is 0.875. The molecule has 2 atom stereocenters. The quantitative estimate of drug-likeness (QED) is 0.644. The lowest BCUT2D eigenvalue weighted by Gasteiger charge is -2.45. The van der Waals surface area contributed by atoms with Gasteiger partial charge in [0.1, 0.15) is 0 Å². The molecule has 23 heavy (non-hydrogen) atoms. The van der Waals surface area contributed by atoms with E-state index in [1.165, 1.54) is 6.92 Å². The van der Waals surface area contributed by atoms with Gasteiger partial charge < -0.3 is 10.2 Å². The monoisotopic (exact) mass is 340 g/mol. The topological polar surface area (TPSA) is 74.6 Å². The van der Waals surface area contributed by atoms with E-state index in [9.17, 15) is 33.0 Å². The zero-order valence-electron chi connectivity index (χ0n) is 14.3. The highest BCUT2D eigenvalue weighted by Crippen LogP contribution is 2.52. The van der Waals surface area contributed by atoms with Gasteiger partial charge in [0.15, 0.2) is 0 Å². The van der Waals surface area contributed by atoms with Gasteiger partial charge in [0.25, 0.3) is 0 Å². The minimum atomic E-state index is -4.53. The van der Waals surface area contributed by atoms with E-state index in [4.69, 9.17) is 0 Å². The molecule has 0 radical (unpaired) electrons. The molecule has 0 aromatic carbocycles. The van der Waals surface area contributed by atoms with Crippen molar-refractivity contribution in [2.45, 2.75) is 66.5 Å². The van der Waals surface area contributed by atoms with E-state index in [-0.39, 0.29) is 24.7 Å². The number of hydrogen-bond acceptors (Lipinski definition) is 2. The van der Waals surface area contributed by atoms with Gasteiger partial charge in [-0.05, 0) is 38.0 Å². The Kier molecular flexibility index (Phi) is 7.12. The van der Waals surface area contributed by atoms with Crippen LogP contribution in [-0.2, 0) is 9.59 Å². The van der Waals surface area contributed by atoms with Crippen molar-refractivity contribution in [2.75, 3.05) is 0 Å². The van der Waals surface area contributed by atoms with Crippen LogP contribution in [0.3, 0.4) is 0 Å². The first-order valence-electron chi connectivity index (χ1n) is 7.71. The third kappa shape index (κ3) is 5.39. The number of alkyl halides is 3. The molecule has 2 N–H and O–H groups in total. The molecule has 0 aliphatic heterocycles. The molecule has 0 aliphatic carbocycles. The predicted octanol–water partition coefficient (Wildman–Crippen LogP) is 4.58. The highest BCUT2D eigenvalue weighted by Gasteiger charge is 2.59. The van der Waals surface area contributed by atoms with Crippen molar-refractivity contribution in [3.8, 4) is 0 Å². The van der Waals surface area contributed by atoms with Crippen LogP contribution in [-0.4, -0.2) is 28.3 Å². The molecule has 0 heterocycles. The molecule has 0 amide bonds. The summed E-state index contributed by atoms with van der Waals surface area (Å²) in [6.07, 6.45) is -6.70. The average Bonchev–Trinajstić information content (AvgIpc) is 2.31. The number of carboxylic acids is 2. The Labute approximate surface area is 135 Å². The van der Waals surface area contributed by atoms with Gasteiger partial charge in [0.05, 0.1) is 10.8 Å². The van der Waals surface area contributed by atoms with Gasteiger partial charge in [-0.25, -0.2) is 0 Å². The van der Waals surface area contributed by atoms with Crippen molar-refractivity contribution in [1.29, 1.82) is 0 Å². The Bertz CT molecular complexity index is 432. The van der Waals surface area contributed by atoms with Crippen molar-refractivity contribution >= 4 is 11.9 Å². The Hall–Kier alpha value is -1.27. The fourth-order valence-corrected chi connectivity index (χ4v) is 3.39. The average molecular weight is 340 g/mol. The minimum absolute atomic E-state index is 0.000783. The largest absolute Gasteiger partial charge is 0.481 e. The summed E-state index contributed by atoms with van der Waals surface area (Å²) >= 11 is 0. The van der Waals surface area contributed by atoms with Crippen molar-refractivity contribution in [3.05, 3.63) is 0 Å². The summed E-state index contributed by atoms with van der Waals surface area (Å²) in [6.45, 7) is 8.09. The summed E-state index contributed by atoms with van der Waals surface area (Å²) in [5.41, 5.74) is -3.74. The third-order valence-electron chi connectivity index (χ3n) is 4.35. The Morgan fingerprint density at radius 1 is 0.870 bits per heavy atom. The molecule has 0 aromatic rings. The molecule has 4 nitrogen and oxygen atoms in total. The molecule has 0 saturated carbocycles. The lowest BCUT2D eigenvalue weighted by atomic mass is 9.56. The van der Waals surface area contributed by atoms with Crippen LogP contribution >= 0.6 is 0 Å². The van der Waals surface area contributed by atoms with Crippen LogP contribution in [0.15, 0.2) is 0 Å². The molecular formula is C16H27F3O4. The zero-order chi connectivity index (χ0) is 18.6. The molecule has 2 unspecified atom stereocenters. The Morgan fingerprint density at radius 2 is 1.30 bits per heavy atom. The molecule has 7 heteroatoms. The first-order valence-corrected chi connectivity index (χ1v) is 7.71. The number of rotatable bonds is 9. The summed E-state index contributed by atoms with van der Waals surface area (Å²) in [7, 11) is 0. The molecule has 0 fully saturated rings. The molecule has 0 aliphatic rings. The van der Waals surface area contributed by atoms with Crippen molar-refractivity contribution in [3.63, 3.8) is 0 Å². The second-order valence-corrected chi connectivity index (χ2v) is 7.34. The molecule has 136 valence electrons. The van der Waals surface area contributed by atoms with E-state index < -0.39 is 41.8 Å². The van der Waals surface area contributed by atoms with E-state index in [0.29, 0.717) is 0 Å². The van der Waals surface area contributed by atoms with Crippen LogP contribution in [0, 0.1) is 22.7 Å². The van der Waals surface area contributed by atoms with Crippen molar-refractivity contribution < 1.29 is 33.0 Å². The van der Waals surface area contributed by atoms with Crippen LogP contribution in [0.1, 0.15) is 60.3 Å². The number of aliphatic carboxylic acids is 2. The van der Waals surface area contributed by atoms with Crippen LogP contribution in [0.2, 0.25) is 0 Å². The number of halogens is 3. The van der Waals surface area contributed by atoms with Gasteiger partial charge in [-0.1, -0.05) is 27.7 Å². The first kappa shape index (κ1) is 21.7. The maximum atomic E-state index is 12.7. The maximum absolute atomic E-state index is 12.7. The summed E-state index contributed by atoms with van der Waals surface area (Å²) in [5, 5.41) is 19.4. The normalized spacial score (nSPS) is 17.8. The second-order valence-electron chi connectivity index (χ2n) is 7.34. The molecular weight excluding hydrogens is 313 g/mol. The molecule has 0 saturated heterocycles. The molecule has 0 aromatic heterocycles. The molecule has 0 bridgehead atoms. The minimum Gasteiger partial charge on any atom is -0.481 e. The highest BCUT2D eigenvalue weighted by molar-refractivity contribution is 5.86. The second kappa shape index (κ2) is 7.53. The smallest absolute Gasteiger partial charge is 0.389 e. The van der Waals surface area contributed by atoms with Gasteiger partial charge >= 0.3 is 18.1 Å². The van der Waals surface area contributed by atoms with Crippen LogP contribution < -0.4 is 0 Å². The third-order valence-corrected chi connectivity index (χ3v) is 4.35. The Morgan fingerprint density at radius 3 is 1.57 bits per heavy atom. The molecule has 0 rings (SSSR count). The zero-order valence-corrected chi connectivity index (χ0v) is 14.3. The van der Waals surface area contributed by atoms with E-state index in [0.717, 1.165) is 0 Å². The van der Waals surface area contributed by atoms with Gasteiger partial charge in [-0.15, -0.1) is 0 Å². The van der Waals surface area contributed by atoms with E-state index in [1.807, 2.05) is 0 Å². The fourth-order valence-electron chi connectivity index (χ4n) is 3.39. The number of carbonyl (C=O) groups is 2. The van der Waals surface area contributed by atoms with Gasteiger partial charge in [-0.2, -0.15) is 13.2 Å². The highest BCUT2D eigenvalue weighted by atomic mass is 19.4. The van der Waals surface area contributed by atoms with E-state index in [1.54, 1.807) is 27.7 Å². The van der Waals surface area contributed by atoms with Crippen molar-refractivity contribution in [1.82, 2.24) is 0 Å². The summed E-state index contributed by atoms with van der Waals surface area (Å²) in [4.78, 5) is 23.8. The number of carboxylic acid groups (broad SMARTS) is 2. The molecule has 0 spiro atoms. The van der Waals surface area contributed by atoms with Crippen molar-refractivity contribution in [2.24, 2.45) is 22.7 Å². The van der Waals surface area contributed by atoms with E-state index >= 15 is 0 Å². The predicted molar refractivity (Wildman–Crippen MR) is 80.0 cm³/mol. The Balaban J connectivity index is 6.12. The van der Waals surface area contributed by atoms with Gasteiger partial charge in [-0.3, -0.25) is 9.59 Å². The summed E-state index contributed by atoms with van der Waals surface area (Å²) in [5.74, 6) is -3.24. The van der Waals surface area contributed by atoms with Gasteiger partial charge in [0, 0.05) is 6.42 Å². The summed E-state index contributed by atoms with van der Waals surface area (Å²) < 4.78 is 38.1. The first-order chi connectivity index (χ1) is 10.2. The lowest BCUT2D eigenvalue weighted by molar-refractivity contribution is -0.185. The van der Waals surface area contributed by atoms with Gasteiger partial charge in [0.2, 0.25) is 0 Å². The lowest BCUT2D eigenvalue weighted by Crippen LogP contribution is -2.52. The van der Waals surface area contributed by atoms with E-state index in [2.05, 4.69) is 0 Å². The van der Waals surface area contributed by atoms with Crippen LogP contribution in [0.5, 0.6) is 0 Å². The standard InChI is InChI=1S/C16H27F3O4/c1-10(2)8-14(5,12(20)21)15(13(22)23,9-11(3)4)6-7-16(17,18)19/h10-11H,6-9H2,1-5H3,(H,20,21)(H,22,23). The maximum Gasteiger partial charge on any atom is 0.389 e. The number of hydrogen-bond donors (Lipinski definition) is 2. The van der Waals surface area contributed by atoms with Crippen LogP contribution in [0.4, 0.5) is 13.2 Å². The van der Waals surface area contributed by atoms with Crippen LogP contribution in [0.25, 0.3) is 0 Å².